The van der Waals surface area contributed by atoms with E-state index in [9.17, 15) is 0 Å². The number of nitrogens with zero attached hydrogens (tertiary/aromatic N) is 2. The summed E-state index contributed by atoms with van der Waals surface area (Å²) >= 11 is 5.45. The molecule has 1 aromatic rings. The summed E-state index contributed by atoms with van der Waals surface area (Å²) in [5, 5.41) is 31.2. The van der Waals surface area contributed by atoms with Crippen LogP contribution in [0.2, 0.25) is 0 Å². The molecule has 0 aromatic heterocycles. The Morgan fingerprint density at radius 1 is 1.07 bits per heavy atom. The van der Waals surface area contributed by atoms with Crippen molar-refractivity contribution in [3.8, 4) is 5.75 Å². The minimum absolute atomic E-state index is 0.0723. The van der Waals surface area contributed by atoms with E-state index in [0.717, 1.165) is 0 Å². The van der Waals surface area contributed by atoms with E-state index in [-0.39, 0.29) is 16.6 Å². The first-order valence-electron chi connectivity index (χ1n) is 3.58. The van der Waals surface area contributed by atoms with Crippen LogP contribution in [0, 0.1) is 0 Å². The third-order valence-corrected chi connectivity index (χ3v) is 1.78. The molecule has 1 rings (SSSR count). The molecule has 0 unspecified atom stereocenters. The lowest BCUT2D eigenvalue weighted by Gasteiger charge is -2.00. The van der Waals surface area contributed by atoms with Crippen molar-refractivity contribution in [1.29, 1.82) is 0 Å². The largest absolute Gasteiger partial charge is 0.508 e. The summed E-state index contributed by atoms with van der Waals surface area (Å²) in [6, 6.07) is 5.72. The van der Waals surface area contributed by atoms with Gasteiger partial charge in [-0.2, -0.15) is 0 Å². The number of rotatable bonds is 2. The monoisotopic (exact) mass is 214 g/mol. The van der Waals surface area contributed by atoms with E-state index < -0.39 is 0 Å². The maximum atomic E-state index is 8.99. The van der Waals surface area contributed by atoms with Crippen molar-refractivity contribution in [2.24, 2.45) is 10.3 Å². The maximum Gasteiger partial charge on any atom is 0.197 e. The fourth-order valence-corrected chi connectivity index (χ4v) is 1.03. The molecular weight excluding hydrogens is 208 g/mol. The van der Waals surface area contributed by atoms with Crippen molar-refractivity contribution in [2.45, 2.75) is 0 Å². The molecule has 0 amide bonds. The molecule has 0 saturated carbocycles. The van der Waals surface area contributed by atoms with E-state index in [0.29, 0.717) is 5.56 Å². The lowest BCUT2D eigenvalue weighted by Crippen LogP contribution is -2.09. The molecule has 0 saturated heterocycles. The number of phenols is 1. The molecule has 0 heterocycles. The summed E-state index contributed by atoms with van der Waals surface area (Å²) < 4.78 is 0. The zero-order valence-corrected chi connectivity index (χ0v) is 7.68. The standard InChI is InChI=1S/C8H7ClN2O3/c9-8(11-14)7(10-13)5-1-3-6(12)4-2-5/h1-4,12-14H/b10-7+,11-8-. The number of hydrogen-bond acceptors (Lipinski definition) is 5. The Morgan fingerprint density at radius 3 is 2.07 bits per heavy atom. The molecule has 0 spiro atoms. The van der Waals surface area contributed by atoms with Crippen molar-refractivity contribution >= 4 is 22.5 Å². The van der Waals surface area contributed by atoms with Crippen LogP contribution in [0.25, 0.3) is 0 Å². The zero-order chi connectivity index (χ0) is 10.6. The van der Waals surface area contributed by atoms with Crippen LogP contribution < -0.4 is 0 Å². The van der Waals surface area contributed by atoms with Crippen LogP contribution in [-0.2, 0) is 0 Å². The predicted octanol–water partition coefficient (Wildman–Crippen LogP) is 1.60. The Bertz CT molecular complexity index is 373. The molecule has 0 aliphatic rings. The van der Waals surface area contributed by atoms with E-state index in [2.05, 4.69) is 10.3 Å². The lowest BCUT2D eigenvalue weighted by molar-refractivity contribution is 0.315. The molecule has 6 heteroatoms. The highest BCUT2D eigenvalue weighted by atomic mass is 35.5. The Labute approximate surface area is 84.5 Å². The zero-order valence-electron chi connectivity index (χ0n) is 6.92. The van der Waals surface area contributed by atoms with Crippen LogP contribution in [-0.4, -0.2) is 26.4 Å². The second-order valence-corrected chi connectivity index (χ2v) is 2.74. The van der Waals surface area contributed by atoms with Crippen LogP contribution in [0.4, 0.5) is 0 Å². The van der Waals surface area contributed by atoms with Crippen LogP contribution in [0.1, 0.15) is 5.56 Å². The molecule has 0 atom stereocenters. The molecule has 5 nitrogen and oxygen atoms in total. The van der Waals surface area contributed by atoms with Gasteiger partial charge >= 0.3 is 0 Å². The third-order valence-electron chi connectivity index (χ3n) is 1.52. The summed E-state index contributed by atoms with van der Waals surface area (Å²) in [5.74, 6) is 0.0723. The first-order valence-corrected chi connectivity index (χ1v) is 3.96. The van der Waals surface area contributed by atoms with Gasteiger partial charge in [0.2, 0.25) is 0 Å². The smallest absolute Gasteiger partial charge is 0.197 e. The molecule has 0 bridgehead atoms. The van der Waals surface area contributed by atoms with Crippen molar-refractivity contribution in [1.82, 2.24) is 0 Å². The topological polar surface area (TPSA) is 85.4 Å². The SMILES string of the molecule is O/N=C(Cl)/C(=N/O)c1ccc(O)cc1. The van der Waals surface area contributed by atoms with Gasteiger partial charge in [0, 0.05) is 5.56 Å². The molecule has 14 heavy (non-hydrogen) atoms. The van der Waals surface area contributed by atoms with E-state index in [1.54, 1.807) is 0 Å². The molecule has 0 radical (unpaired) electrons. The number of phenolic OH excluding ortho intramolecular Hbond substituents is 1. The Hall–Kier alpha value is -1.75. The summed E-state index contributed by atoms with van der Waals surface area (Å²) in [7, 11) is 0. The first kappa shape index (κ1) is 10.3. The Balaban J connectivity index is 3.09. The van der Waals surface area contributed by atoms with Gasteiger partial charge in [-0.25, -0.2) is 0 Å². The van der Waals surface area contributed by atoms with Crippen LogP contribution in [0.3, 0.4) is 0 Å². The first-order chi connectivity index (χ1) is 6.69. The van der Waals surface area contributed by atoms with Crippen LogP contribution >= 0.6 is 11.6 Å². The highest BCUT2D eigenvalue weighted by Gasteiger charge is 2.10. The fraction of sp³-hybridized carbons (Fsp3) is 0. The van der Waals surface area contributed by atoms with Crippen LogP contribution in [0.5, 0.6) is 5.75 Å². The molecule has 1 aromatic carbocycles. The van der Waals surface area contributed by atoms with Gasteiger partial charge in [-0.15, -0.1) is 0 Å². The quantitative estimate of drug-likeness (QED) is 0.397. The van der Waals surface area contributed by atoms with Gasteiger partial charge in [0.05, 0.1) is 0 Å². The Kier molecular flexibility index (Phi) is 3.30. The van der Waals surface area contributed by atoms with Gasteiger partial charge in [-0.3, -0.25) is 0 Å². The third kappa shape index (κ3) is 2.14. The Morgan fingerprint density at radius 2 is 1.64 bits per heavy atom. The molecule has 0 aliphatic carbocycles. The van der Waals surface area contributed by atoms with Crippen molar-refractivity contribution in [3.63, 3.8) is 0 Å². The fourth-order valence-electron chi connectivity index (χ4n) is 0.885. The molecular formula is C8H7ClN2O3. The van der Waals surface area contributed by atoms with Crippen molar-refractivity contribution < 1.29 is 15.5 Å². The van der Waals surface area contributed by atoms with Crippen molar-refractivity contribution in [2.75, 3.05) is 0 Å². The number of hydrogen-bond donors (Lipinski definition) is 3. The van der Waals surface area contributed by atoms with Gasteiger partial charge in [0.25, 0.3) is 0 Å². The summed E-state index contributed by atoms with van der Waals surface area (Å²) in [6.07, 6.45) is 0. The number of benzene rings is 1. The summed E-state index contributed by atoms with van der Waals surface area (Å²) in [4.78, 5) is 0. The van der Waals surface area contributed by atoms with Crippen molar-refractivity contribution in [3.05, 3.63) is 29.8 Å². The second-order valence-electron chi connectivity index (χ2n) is 2.39. The minimum Gasteiger partial charge on any atom is -0.508 e. The highest BCUT2D eigenvalue weighted by molar-refractivity contribution is 6.85. The molecule has 3 N–H and O–H groups in total. The van der Waals surface area contributed by atoms with E-state index in [4.69, 9.17) is 27.1 Å². The normalized spacial score (nSPS) is 12.9. The average molecular weight is 215 g/mol. The van der Waals surface area contributed by atoms with Gasteiger partial charge < -0.3 is 15.5 Å². The van der Waals surface area contributed by atoms with Crippen LogP contribution in [0.15, 0.2) is 34.6 Å². The molecule has 74 valence electrons. The van der Waals surface area contributed by atoms with E-state index in [1.807, 2.05) is 0 Å². The van der Waals surface area contributed by atoms with Gasteiger partial charge in [0.1, 0.15) is 5.75 Å². The average Bonchev–Trinajstić information content (AvgIpc) is 2.21. The van der Waals surface area contributed by atoms with Gasteiger partial charge in [-0.1, -0.05) is 21.9 Å². The van der Waals surface area contributed by atoms with Gasteiger partial charge in [0.15, 0.2) is 10.9 Å². The van der Waals surface area contributed by atoms with E-state index >= 15 is 0 Å². The second kappa shape index (κ2) is 4.48. The summed E-state index contributed by atoms with van der Waals surface area (Å²) in [6.45, 7) is 0. The highest BCUT2D eigenvalue weighted by Crippen LogP contribution is 2.12. The lowest BCUT2D eigenvalue weighted by atomic mass is 10.1. The maximum absolute atomic E-state index is 8.99. The minimum atomic E-state index is -0.335. The van der Waals surface area contributed by atoms with E-state index in [1.165, 1.54) is 24.3 Å². The molecule has 0 aliphatic heterocycles. The molecule has 0 fully saturated rings. The number of aromatic hydroxyl groups is 1. The predicted molar refractivity (Wildman–Crippen MR) is 51.5 cm³/mol. The number of oxime groups is 2. The number of halogens is 1. The summed E-state index contributed by atoms with van der Waals surface area (Å²) in [5.41, 5.74) is 0.349. The van der Waals surface area contributed by atoms with Gasteiger partial charge in [-0.05, 0) is 24.3 Å².